The molecule has 1 saturated carbocycles. The molecule has 4 N–H and O–H groups in total. The van der Waals surface area contributed by atoms with Gasteiger partial charge in [-0.25, -0.2) is 0 Å². The Labute approximate surface area is 111 Å². The molecule has 5 nitrogen and oxygen atoms in total. The molecule has 1 aromatic carbocycles. The minimum atomic E-state index is -0.603. The highest BCUT2D eigenvalue weighted by molar-refractivity contribution is 5.99. The van der Waals surface area contributed by atoms with E-state index in [1.807, 2.05) is 18.2 Å². The highest BCUT2D eigenvalue weighted by atomic mass is 16.2. The minimum absolute atomic E-state index is 0.0410. The summed E-state index contributed by atoms with van der Waals surface area (Å²) < 4.78 is 0. The molecule has 1 heterocycles. The quantitative estimate of drug-likeness (QED) is 0.728. The number of carbonyl (C=O) groups excluding carboxylic acids is 2. The van der Waals surface area contributed by atoms with Gasteiger partial charge in [0.25, 0.3) is 0 Å². The van der Waals surface area contributed by atoms with Crippen LogP contribution in [0, 0.1) is 0 Å². The van der Waals surface area contributed by atoms with Crippen molar-refractivity contribution in [2.45, 2.75) is 31.2 Å². The number of benzene rings is 1. The number of hydrogen-bond acceptors (Lipinski definition) is 3. The van der Waals surface area contributed by atoms with E-state index < -0.39 is 5.54 Å². The summed E-state index contributed by atoms with van der Waals surface area (Å²) >= 11 is 0. The Hall–Kier alpha value is -1.88. The Balaban J connectivity index is 1.55. The van der Waals surface area contributed by atoms with Crippen LogP contribution in [-0.4, -0.2) is 23.9 Å². The zero-order valence-corrected chi connectivity index (χ0v) is 10.7. The number of nitrogens with two attached hydrogens (primary N) is 1. The van der Waals surface area contributed by atoms with Crippen LogP contribution in [0.2, 0.25) is 0 Å². The Morgan fingerprint density at radius 1 is 1.42 bits per heavy atom. The van der Waals surface area contributed by atoms with Crippen LogP contribution < -0.4 is 16.4 Å². The first-order chi connectivity index (χ1) is 9.07. The molecule has 0 saturated heterocycles. The van der Waals surface area contributed by atoms with Crippen molar-refractivity contribution >= 4 is 17.5 Å². The third-order valence-corrected chi connectivity index (χ3v) is 3.73. The normalized spacial score (nSPS) is 18.7. The van der Waals surface area contributed by atoms with Gasteiger partial charge >= 0.3 is 0 Å². The summed E-state index contributed by atoms with van der Waals surface area (Å²) in [5, 5.41) is 5.67. The first-order valence-corrected chi connectivity index (χ1v) is 6.56. The van der Waals surface area contributed by atoms with Crippen LogP contribution in [0.25, 0.3) is 0 Å². The third kappa shape index (κ3) is 2.46. The number of fused-ring (bicyclic) bond motifs is 1. The van der Waals surface area contributed by atoms with E-state index in [9.17, 15) is 9.59 Å². The van der Waals surface area contributed by atoms with Crippen LogP contribution in [0.15, 0.2) is 18.2 Å². The maximum absolute atomic E-state index is 11.7. The number of amides is 2. The molecule has 100 valence electrons. The van der Waals surface area contributed by atoms with Gasteiger partial charge in [0.2, 0.25) is 11.8 Å². The molecule has 0 radical (unpaired) electrons. The molecule has 19 heavy (non-hydrogen) atoms. The molecule has 0 unspecified atom stereocenters. The lowest BCUT2D eigenvalue weighted by Gasteiger charge is -2.10. The fourth-order valence-electron chi connectivity index (χ4n) is 2.30. The molecule has 3 rings (SSSR count). The second-order valence-corrected chi connectivity index (χ2v) is 5.38. The number of anilines is 1. The topological polar surface area (TPSA) is 84.2 Å². The summed E-state index contributed by atoms with van der Waals surface area (Å²) in [6.45, 7) is 0.581. The van der Waals surface area contributed by atoms with E-state index in [4.69, 9.17) is 5.73 Å². The van der Waals surface area contributed by atoms with Gasteiger partial charge in [-0.15, -0.1) is 0 Å². The predicted molar refractivity (Wildman–Crippen MR) is 71.6 cm³/mol. The number of carbonyl (C=O) groups is 2. The van der Waals surface area contributed by atoms with Crippen molar-refractivity contribution in [3.05, 3.63) is 29.3 Å². The van der Waals surface area contributed by atoms with Crippen molar-refractivity contribution in [1.29, 1.82) is 0 Å². The van der Waals surface area contributed by atoms with Gasteiger partial charge in [0.15, 0.2) is 0 Å². The molecule has 2 aliphatic rings. The first-order valence-electron chi connectivity index (χ1n) is 6.56. The van der Waals surface area contributed by atoms with E-state index in [-0.39, 0.29) is 11.8 Å². The molecular formula is C14H17N3O2. The van der Waals surface area contributed by atoms with Gasteiger partial charge in [0.05, 0.1) is 12.0 Å². The highest BCUT2D eigenvalue weighted by Gasteiger charge is 2.45. The summed E-state index contributed by atoms with van der Waals surface area (Å²) in [6.07, 6.45) is 2.77. The van der Waals surface area contributed by atoms with Gasteiger partial charge < -0.3 is 16.4 Å². The van der Waals surface area contributed by atoms with Gasteiger partial charge in [0, 0.05) is 12.2 Å². The van der Waals surface area contributed by atoms with Crippen LogP contribution in [0.1, 0.15) is 24.0 Å². The van der Waals surface area contributed by atoms with E-state index in [2.05, 4.69) is 10.6 Å². The van der Waals surface area contributed by atoms with Gasteiger partial charge in [-0.3, -0.25) is 9.59 Å². The summed E-state index contributed by atoms with van der Waals surface area (Å²) in [7, 11) is 0. The molecule has 0 spiro atoms. The van der Waals surface area contributed by atoms with Crippen LogP contribution in [0.3, 0.4) is 0 Å². The largest absolute Gasteiger partial charge is 0.354 e. The molecule has 1 aliphatic heterocycles. The Morgan fingerprint density at radius 3 is 2.95 bits per heavy atom. The molecule has 5 heteroatoms. The van der Waals surface area contributed by atoms with E-state index in [0.717, 1.165) is 36.1 Å². The summed E-state index contributed by atoms with van der Waals surface area (Å²) in [5.74, 6) is -0.00948. The van der Waals surface area contributed by atoms with Gasteiger partial charge in [-0.2, -0.15) is 0 Å². The van der Waals surface area contributed by atoms with Crippen LogP contribution >= 0.6 is 0 Å². The zero-order chi connectivity index (χ0) is 13.5. The molecule has 0 aromatic heterocycles. The Morgan fingerprint density at radius 2 is 2.21 bits per heavy atom. The Bertz CT molecular complexity index is 550. The van der Waals surface area contributed by atoms with Gasteiger partial charge in [0.1, 0.15) is 0 Å². The first kappa shape index (κ1) is 12.2. The smallest absolute Gasteiger partial charge is 0.240 e. The van der Waals surface area contributed by atoms with Crippen LogP contribution in [0.5, 0.6) is 0 Å². The molecule has 1 aromatic rings. The summed E-state index contributed by atoms with van der Waals surface area (Å²) in [6, 6.07) is 5.92. The molecule has 0 atom stereocenters. The fraction of sp³-hybridized carbons (Fsp3) is 0.429. The standard InChI is InChI=1S/C14H17N3O2/c15-14(4-5-14)13(19)16-6-3-9-1-2-11-10(7-9)8-12(18)17-11/h1-2,7H,3-6,8,15H2,(H,16,19)(H,17,18). The predicted octanol–water partition coefficient (Wildman–Crippen LogP) is 0.331. The molecule has 2 amide bonds. The second-order valence-electron chi connectivity index (χ2n) is 5.38. The average Bonchev–Trinajstić information content (AvgIpc) is 3.01. The Kier molecular flexibility index (Phi) is 2.78. The molecule has 0 bridgehead atoms. The van der Waals surface area contributed by atoms with Crippen molar-refractivity contribution in [3.63, 3.8) is 0 Å². The minimum Gasteiger partial charge on any atom is -0.354 e. The van der Waals surface area contributed by atoms with Crippen molar-refractivity contribution in [2.75, 3.05) is 11.9 Å². The van der Waals surface area contributed by atoms with Gasteiger partial charge in [-0.1, -0.05) is 12.1 Å². The van der Waals surface area contributed by atoms with Crippen molar-refractivity contribution < 1.29 is 9.59 Å². The highest BCUT2D eigenvalue weighted by Crippen LogP contribution is 2.32. The average molecular weight is 259 g/mol. The second kappa shape index (κ2) is 4.35. The van der Waals surface area contributed by atoms with Crippen molar-refractivity contribution in [1.82, 2.24) is 5.32 Å². The van der Waals surface area contributed by atoms with Crippen molar-refractivity contribution in [3.8, 4) is 0 Å². The van der Waals surface area contributed by atoms with E-state index in [1.54, 1.807) is 0 Å². The third-order valence-electron chi connectivity index (χ3n) is 3.73. The maximum atomic E-state index is 11.7. The fourth-order valence-corrected chi connectivity index (χ4v) is 2.30. The SMILES string of the molecule is NC1(C(=O)NCCc2ccc3c(c2)CC(=O)N3)CC1. The molecule has 1 fully saturated rings. The number of hydrogen-bond donors (Lipinski definition) is 3. The number of nitrogens with one attached hydrogen (secondary N) is 2. The van der Waals surface area contributed by atoms with Crippen molar-refractivity contribution in [2.24, 2.45) is 5.73 Å². The summed E-state index contributed by atoms with van der Waals surface area (Å²) in [4.78, 5) is 22.9. The monoisotopic (exact) mass is 259 g/mol. The summed E-state index contributed by atoms with van der Waals surface area (Å²) in [5.41, 5.74) is 8.25. The van der Waals surface area contributed by atoms with Crippen LogP contribution in [-0.2, 0) is 22.4 Å². The lowest BCUT2D eigenvalue weighted by molar-refractivity contribution is -0.123. The van der Waals surface area contributed by atoms with E-state index >= 15 is 0 Å². The zero-order valence-electron chi connectivity index (χ0n) is 10.7. The van der Waals surface area contributed by atoms with E-state index in [1.165, 1.54) is 0 Å². The maximum Gasteiger partial charge on any atom is 0.240 e. The van der Waals surface area contributed by atoms with Crippen LogP contribution in [0.4, 0.5) is 5.69 Å². The van der Waals surface area contributed by atoms with Gasteiger partial charge in [-0.05, 0) is 36.5 Å². The lowest BCUT2D eigenvalue weighted by Crippen LogP contribution is -2.43. The number of rotatable bonds is 4. The molecular weight excluding hydrogens is 242 g/mol. The van der Waals surface area contributed by atoms with E-state index in [0.29, 0.717) is 13.0 Å². The molecule has 1 aliphatic carbocycles. The lowest BCUT2D eigenvalue weighted by atomic mass is 10.1.